The highest BCUT2D eigenvalue weighted by Crippen LogP contribution is 2.40. The summed E-state index contributed by atoms with van der Waals surface area (Å²) in [6, 6.07) is 0. The molecule has 2 fully saturated rings. The van der Waals surface area contributed by atoms with Crippen LogP contribution in [0.25, 0.3) is 0 Å². The number of amides is 2. The molecule has 0 radical (unpaired) electrons. The van der Waals surface area contributed by atoms with Crippen LogP contribution < -0.4 is 0 Å². The summed E-state index contributed by atoms with van der Waals surface area (Å²) in [5, 5.41) is 0. The highest BCUT2D eigenvalue weighted by Gasteiger charge is 2.48. The molecule has 1 aliphatic heterocycles. The Labute approximate surface area is 84.5 Å². The number of nitrogens with zero attached hydrogens (tertiary/aromatic N) is 1. The Morgan fingerprint density at radius 3 is 1.86 bits per heavy atom. The van der Waals surface area contributed by atoms with Crippen molar-refractivity contribution in [3.05, 3.63) is 0 Å². The number of hydrogen-bond donors (Lipinski definition) is 0. The topological polar surface area (TPSA) is 37.4 Å². The number of carbonyl (C=O) groups excluding carboxylic acids is 2. The van der Waals surface area contributed by atoms with Crippen molar-refractivity contribution in [2.24, 2.45) is 11.8 Å². The van der Waals surface area contributed by atoms with Gasteiger partial charge in [0.25, 0.3) is 0 Å². The van der Waals surface area contributed by atoms with E-state index >= 15 is 0 Å². The van der Waals surface area contributed by atoms with E-state index in [9.17, 15) is 9.59 Å². The average Bonchev–Trinajstić information content (AvgIpc) is 2.44. The molecule has 0 N–H and O–H groups in total. The predicted octanol–water partition coefficient (Wildman–Crippen LogP) is 1.57. The molecular weight excluding hydrogens is 178 g/mol. The summed E-state index contributed by atoms with van der Waals surface area (Å²) in [4.78, 5) is 25.4. The Balaban J connectivity index is 2.33. The van der Waals surface area contributed by atoms with Crippen LogP contribution in [-0.2, 0) is 9.59 Å². The van der Waals surface area contributed by atoms with Crippen LogP contribution in [0.5, 0.6) is 0 Å². The van der Waals surface area contributed by atoms with E-state index in [1.165, 1.54) is 4.90 Å². The fraction of sp³-hybridized carbons (Fsp3) is 0.818. The van der Waals surface area contributed by atoms with Gasteiger partial charge in [0.1, 0.15) is 0 Å². The SMILES string of the molecule is CC(C)(C)N1C(=O)C2CCC(C2)C1=O. The van der Waals surface area contributed by atoms with Gasteiger partial charge in [-0.3, -0.25) is 14.5 Å². The molecule has 3 nitrogen and oxygen atoms in total. The monoisotopic (exact) mass is 195 g/mol. The lowest BCUT2D eigenvalue weighted by Gasteiger charge is -2.39. The lowest BCUT2D eigenvalue weighted by atomic mass is 9.92. The second-order valence-electron chi connectivity index (χ2n) is 5.39. The van der Waals surface area contributed by atoms with Crippen LogP contribution >= 0.6 is 0 Å². The van der Waals surface area contributed by atoms with Gasteiger partial charge in [-0.05, 0) is 40.0 Å². The van der Waals surface area contributed by atoms with Gasteiger partial charge >= 0.3 is 0 Å². The number of piperidine rings is 1. The fourth-order valence-electron chi connectivity index (χ4n) is 2.57. The van der Waals surface area contributed by atoms with E-state index in [2.05, 4.69) is 0 Å². The second kappa shape index (κ2) is 2.81. The molecule has 2 amide bonds. The number of rotatable bonds is 0. The van der Waals surface area contributed by atoms with Crippen molar-refractivity contribution >= 4 is 11.8 Å². The number of carbonyl (C=O) groups is 2. The van der Waals surface area contributed by atoms with Gasteiger partial charge in [-0.15, -0.1) is 0 Å². The number of fused-ring (bicyclic) bond motifs is 2. The van der Waals surface area contributed by atoms with E-state index in [1.54, 1.807) is 0 Å². The van der Waals surface area contributed by atoms with Crippen molar-refractivity contribution < 1.29 is 9.59 Å². The molecule has 0 spiro atoms. The van der Waals surface area contributed by atoms with Crippen molar-refractivity contribution in [2.75, 3.05) is 0 Å². The molecule has 78 valence electrons. The first-order valence-electron chi connectivity index (χ1n) is 5.29. The molecule has 2 rings (SSSR count). The van der Waals surface area contributed by atoms with Crippen LogP contribution in [0.3, 0.4) is 0 Å². The maximum atomic E-state index is 11.9. The molecule has 2 bridgehead atoms. The molecule has 0 aromatic heterocycles. The first kappa shape index (κ1) is 9.69. The molecule has 0 aromatic carbocycles. The second-order valence-corrected chi connectivity index (χ2v) is 5.39. The summed E-state index contributed by atoms with van der Waals surface area (Å²) in [5.74, 6) is 0.348. The molecule has 14 heavy (non-hydrogen) atoms. The summed E-state index contributed by atoms with van der Waals surface area (Å²) >= 11 is 0. The van der Waals surface area contributed by atoms with E-state index in [1.807, 2.05) is 20.8 Å². The van der Waals surface area contributed by atoms with Gasteiger partial charge in [0.05, 0.1) is 0 Å². The largest absolute Gasteiger partial charge is 0.277 e. The van der Waals surface area contributed by atoms with Crippen LogP contribution in [0.1, 0.15) is 40.0 Å². The van der Waals surface area contributed by atoms with Crippen LogP contribution in [0.2, 0.25) is 0 Å². The first-order chi connectivity index (χ1) is 6.41. The maximum absolute atomic E-state index is 11.9. The molecule has 2 atom stereocenters. The van der Waals surface area contributed by atoms with Crippen LogP contribution in [0.4, 0.5) is 0 Å². The first-order valence-corrected chi connectivity index (χ1v) is 5.29. The van der Waals surface area contributed by atoms with Crippen molar-refractivity contribution in [1.82, 2.24) is 4.90 Å². The van der Waals surface area contributed by atoms with Gasteiger partial charge in [-0.2, -0.15) is 0 Å². The Bertz CT molecular complexity index is 268. The summed E-state index contributed by atoms with van der Waals surface area (Å²) in [5.41, 5.74) is -0.352. The van der Waals surface area contributed by atoms with Gasteiger partial charge in [0.2, 0.25) is 11.8 Å². The van der Waals surface area contributed by atoms with Gasteiger partial charge < -0.3 is 0 Å². The quantitative estimate of drug-likeness (QED) is 0.550. The maximum Gasteiger partial charge on any atom is 0.232 e. The fourth-order valence-corrected chi connectivity index (χ4v) is 2.57. The van der Waals surface area contributed by atoms with Gasteiger partial charge in [-0.25, -0.2) is 0 Å². The third-order valence-electron chi connectivity index (χ3n) is 3.24. The van der Waals surface area contributed by atoms with Gasteiger partial charge in [0.15, 0.2) is 0 Å². The number of likely N-dealkylation sites (tertiary alicyclic amines) is 1. The number of hydrogen-bond acceptors (Lipinski definition) is 2. The molecular formula is C11H17NO2. The molecule has 3 heteroatoms. The lowest BCUT2D eigenvalue weighted by Crippen LogP contribution is -2.55. The summed E-state index contributed by atoms with van der Waals surface area (Å²) in [6.07, 6.45) is 2.61. The van der Waals surface area contributed by atoms with Gasteiger partial charge in [0, 0.05) is 17.4 Å². The highest BCUT2D eigenvalue weighted by molar-refractivity contribution is 6.01. The Hall–Kier alpha value is -0.860. The van der Waals surface area contributed by atoms with Crippen molar-refractivity contribution in [3.63, 3.8) is 0 Å². The zero-order chi connectivity index (χ0) is 10.5. The van der Waals surface area contributed by atoms with E-state index in [0.717, 1.165) is 19.3 Å². The molecule has 1 saturated carbocycles. The highest BCUT2D eigenvalue weighted by atomic mass is 16.2. The minimum absolute atomic E-state index is 0.0521. The van der Waals surface area contributed by atoms with Crippen molar-refractivity contribution in [3.8, 4) is 0 Å². The summed E-state index contributed by atoms with van der Waals surface area (Å²) in [6.45, 7) is 5.77. The third kappa shape index (κ3) is 1.26. The van der Waals surface area contributed by atoms with Gasteiger partial charge in [-0.1, -0.05) is 0 Å². The summed E-state index contributed by atoms with van der Waals surface area (Å²) in [7, 11) is 0. The molecule has 1 heterocycles. The number of imide groups is 1. The van der Waals surface area contributed by atoms with Crippen molar-refractivity contribution in [1.29, 1.82) is 0 Å². The van der Waals surface area contributed by atoms with E-state index < -0.39 is 0 Å². The molecule has 1 aliphatic carbocycles. The Morgan fingerprint density at radius 2 is 1.50 bits per heavy atom. The van der Waals surface area contributed by atoms with Crippen LogP contribution in [0.15, 0.2) is 0 Å². The van der Waals surface area contributed by atoms with E-state index in [0.29, 0.717) is 0 Å². The summed E-state index contributed by atoms with van der Waals surface area (Å²) < 4.78 is 0. The minimum atomic E-state index is -0.352. The molecule has 1 saturated heterocycles. The minimum Gasteiger partial charge on any atom is -0.277 e. The molecule has 2 unspecified atom stereocenters. The Kier molecular flexibility index (Phi) is 1.95. The molecule has 2 aliphatic rings. The van der Waals surface area contributed by atoms with Crippen LogP contribution in [-0.4, -0.2) is 22.3 Å². The van der Waals surface area contributed by atoms with Crippen LogP contribution in [0, 0.1) is 11.8 Å². The Morgan fingerprint density at radius 1 is 1.07 bits per heavy atom. The third-order valence-corrected chi connectivity index (χ3v) is 3.24. The predicted molar refractivity (Wildman–Crippen MR) is 52.4 cm³/mol. The zero-order valence-electron chi connectivity index (χ0n) is 9.04. The normalized spacial score (nSPS) is 32.6. The lowest BCUT2D eigenvalue weighted by molar-refractivity contribution is -0.158. The smallest absolute Gasteiger partial charge is 0.232 e. The molecule has 0 aromatic rings. The van der Waals surface area contributed by atoms with Crippen molar-refractivity contribution in [2.45, 2.75) is 45.6 Å². The zero-order valence-corrected chi connectivity index (χ0v) is 9.04. The average molecular weight is 195 g/mol. The standard InChI is InChI=1S/C11H17NO2/c1-11(2,3)12-9(13)7-4-5-8(6-7)10(12)14/h7-8H,4-6H2,1-3H3. The van der Waals surface area contributed by atoms with E-state index in [4.69, 9.17) is 0 Å². The van der Waals surface area contributed by atoms with E-state index in [-0.39, 0.29) is 29.2 Å².